The fraction of sp³-hybridized carbons (Fsp3) is 0.600. The van der Waals surface area contributed by atoms with Crippen molar-refractivity contribution in [1.29, 1.82) is 0 Å². The van der Waals surface area contributed by atoms with E-state index < -0.39 is 0 Å². The molecule has 0 aromatic carbocycles. The SMILES string of the molecule is CCOCCCC(=O)c1c(Cl)cnn1C. The lowest BCUT2D eigenvalue weighted by atomic mass is 10.2. The average molecular weight is 231 g/mol. The highest BCUT2D eigenvalue weighted by Crippen LogP contribution is 2.16. The number of hydrogen-bond acceptors (Lipinski definition) is 3. The van der Waals surface area contributed by atoms with Crippen molar-refractivity contribution < 1.29 is 9.53 Å². The van der Waals surface area contributed by atoms with Crippen LogP contribution in [0.4, 0.5) is 0 Å². The minimum Gasteiger partial charge on any atom is -0.382 e. The summed E-state index contributed by atoms with van der Waals surface area (Å²) in [6, 6.07) is 0. The van der Waals surface area contributed by atoms with Gasteiger partial charge in [-0.15, -0.1) is 0 Å². The van der Waals surface area contributed by atoms with Gasteiger partial charge in [0.1, 0.15) is 5.69 Å². The van der Waals surface area contributed by atoms with Crippen LogP contribution in [0, 0.1) is 0 Å². The first-order chi connectivity index (χ1) is 7.16. The normalized spacial score (nSPS) is 10.6. The third-order valence-electron chi connectivity index (χ3n) is 2.05. The minimum absolute atomic E-state index is 0.0136. The quantitative estimate of drug-likeness (QED) is 0.555. The predicted molar refractivity (Wildman–Crippen MR) is 58.3 cm³/mol. The molecule has 15 heavy (non-hydrogen) atoms. The fourth-order valence-corrected chi connectivity index (χ4v) is 1.59. The van der Waals surface area contributed by atoms with Crippen molar-refractivity contribution >= 4 is 17.4 Å². The summed E-state index contributed by atoms with van der Waals surface area (Å²) < 4.78 is 6.66. The summed E-state index contributed by atoms with van der Waals surface area (Å²) in [5.74, 6) is 0.0136. The Bertz CT molecular complexity index is 317. The fourth-order valence-electron chi connectivity index (χ4n) is 1.32. The van der Waals surface area contributed by atoms with Gasteiger partial charge in [0.25, 0.3) is 0 Å². The Morgan fingerprint density at radius 1 is 1.67 bits per heavy atom. The van der Waals surface area contributed by atoms with E-state index in [-0.39, 0.29) is 5.78 Å². The maximum atomic E-state index is 11.7. The summed E-state index contributed by atoms with van der Waals surface area (Å²) in [6.45, 7) is 3.22. The van der Waals surface area contributed by atoms with E-state index in [9.17, 15) is 4.79 Å². The maximum Gasteiger partial charge on any atom is 0.182 e. The number of Topliss-reactive ketones (excluding diaryl/α,β-unsaturated/α-hetero) is 1. The van der Waals surface area contributed by atoms with Crippen LogP contribution in [-0.4, -0.2) is 28.8 Å². The standard InChI is InChI=1S/C10H15ClN2O2/c1-3-15-6-4-5-9(14)10-8(11)7-12-13(10)2/h7H,3-6H2,1-2H3. The number of hydrogen-bond donors (Lipinski definition) is 0. The molecule has 1 aromatic heterocycles. The predicted octanol–water partition coefficient (Wildman–Crippen LogP) is 2.07. The molecular formula is C10H15ClN2O2. The molecule has 0 fully saturated rings. The van der Waals surface area contributed by atoms with Crippen LogP contribution in [-0.2, 0) is 11.8 Å². The first-order valence-corrected chi connectivity index (χ1v) is 5.33. The van der Waals surface area contributed by atoms with E-state index in [1.165, 1.54) is 10.9 Å². The third kappa shape index (κ3) is 3.32. The second kappa shape index (κ2) is 5.88. The molecule has 0 aliphatic heterocycles. The molecule has 0 saturated heterocycles. The zero-order valence-corrected chi connectivity index (χ0v) is 9.75. The van der Waals surface area contributed by atoms with Crippen LogP contribution in [0.3, 0.4) is 0 Å². The molecule has 1 aromatic rings. The van der Waals surface area contributed by atoms with E-state index in [0.29, 0.717) is 36.8 Å². The Kier molecular flexibility index (Phi) is 4.78. The summed E-state index contributed by atoms with van der Waals surface area (Å²) in [4.78, 5) is 11.7. The molecule has 0 N–H and O–H groups in total. The first kappa shape index (κ1) is 12.2. The number of ether oxygens (including phenoxy) is 1. The van der Waals surface area contributed by atoms with E-state index in [0.717, 1.165) is 0 Å². The second-order valence-electron chi connectivity index (χ2n) is 3.19. The van der Waals surface area contributed by atoms with Gasteiger partial charge in [-0.3, -0.25) is 9.48 Å². The summed E-state index contributed by atoms with van der Waals surface area (Å²) in [6.07, 6.45) is 2.64. The van der Waals surface area contributed by atoms with Crippen molar-refractivity contribution in [3.8, 4) is 0 Å². The van der Waals surface area contributed by atoms with Crippen molar-refractivity contribution in [2.45, 2.75) is 19.8 Å². The van der Waals surface area contributed by atoms with E-state index in [1.54, 1.807) is 7.05 Å². The van der Waals surface area contributed by atoms with E-state index in [2.05, 4.69) is 5.10 Å². The van der Waals surface area contributed by atoms with Crippen LogP contribution in [0.1, 0.15) is 30.3 Å². The number of ketones is 1. The average Bonchev–Trinajstić information content (AvgIpc) is 2.53. The highest BCUT2D eigenvalue weighted by Gasteiger charge is 2.14. The van der Waals surface area contributed by atoms with Gasteiger partial charge in [0.2, 0.25) is 0 Å². The largest absolute Gasteiger partial charge is 0.382 e. The molecule has 0 radical (unpaired) electrons. The van der Waals surface area contributed by atoms with Crippen LogP contribution < -0.4 is 0 Å². The Hall–Kier alpha value is -0.870. The van der Waals surface area contributed by atoms with E-state index in [1.807, 2.05) is 6.92 Å². The van der Waals surface area contributed by atoms with Crippen LogP contribution in [0.15, 0.2) is 6.20 Å². The van der Waals surface area contributed by atoms with Gasteiger partial charge in [-0.05, 0) is 13.3 Å². The molecule has 5 heteroatoms. The number of carbonyl (C=O) groups is 1. The highest BCUT2D eigenvalue weighted by molar-refractivity contribution is 6.33. The Morgan fingerprint density at radius 3 is 2.93 bits per heavy atom. The van der Waals surface area contributed by atoms with Gasteiger partial charge in [0.15, 0.2) is 5.78 Å². The van der Waals surface area contributed by atoms with Crippen molar-refractivity contribution in [3.05, 3.63) is 16.9 Å². The third-order valence-corrected chi connectivity index (χ3v) is 2.33. The lowest BCUT2D eigenvalue weighted by Gasteiger charge is -2.02. The topological polar surface area (TPSA) is 44.1 Å². The van der Waals surface area contributed by atoms with Crippen LogP contribution in [0.5, 0.6) is 0 Å². The van der Waals surface area contributed by atoms with Gasteiger partial charge in [-0.1, -0.05) is 11.6 Å². The zero-order chi connectivity index (χ0) is 11.3. The van der Waals surface area contributed by atoms with Gasteiger partial charge in [-0.2, -0.15) is 5.10 Å². The minimum atomic E-state index is 0.0136. The molecule has 0 unspecified atom stereocenters. The van der Waals surface area contributed by atoms with Gasteiger partial charge in [0, 0.05) is 26.7 Å². The molecule has 0 amide bonds. The van der Waals surface area contributed by atoms with E-state index in [4.69, 9.17) is 16.3 Å². The number of nitrogens with zero attached hydrogens (tertiary/aromatic N) is 2. The lowest BCUT2D eigenvalue weighted by molar-refractivity contribution is 0.0938. The smallest absolute Gasteiger partial charge is 0.182 e. The van der Waals surface area contributed by atoms with Gasteiger partial charge in [-0.25, -0.2) is 0 Å². The Morgan fingerprint density at radius 2 is 2.40 bits per heavy atom. The molecule has 1 heterocycles. The summed E-state index contributed by atoms with van der Waals surface area (Å²) in [7, 11) is 1.71. The molecular weight excluding hydrogens is 216 g/mol. The van der Waals surface area contributed by atoms with E-state index >= 15 is 0 Å². The van der Waals surface area contributed by atoms with Crippen molar-refractivity contribution in [2.75, 3.05) is 13.2 Å². The molecule has 0 spiro atoms. The Balaban J connectivity index is 2.47. The Labute approximate surface area is 94.2 Å². The molecule has 4 nitrogen and oxygen atoms in total. The monoisotopic (exact) mass is 230 g/mol. The van der Waals surface area contributed by atoms with Crippen LogP contribution in [0.25, 0.3) is 0 Å². The maximum absolute atomic E-state index is 11.7. The first-order valence-electron chi connectivity index (χ1n) is 4.95. The number of carbonyl (C=O) groups excluding carboxylic acids is 1. The van der Waals surface area contributed by atoms with Gasteiger partial charge < -0.3 is 4.74 Å². The molecule has 84 valence electrons. The molecule has 0 saturated carbocycles. The summed E-state index contributed by atoms with van der Waals surface area (Å²) in [5.41, 5.74) is 0.480. The van der Waals surface area contributed by atoms with Crippen LogP contribution >= 0.6 is 11.6 Å². The van der Waals surface area contributed by atoms with Crippen molar-refractivity contribution in [1.82, 2.24) is 9.78 Å². The van der Waals surface area contributed by atoms with Gasteiger partial charge in [0.05, 0.1) is 11.2 Å². The molecule has 0 aliphatic rings. The summed E-state index contributed by atoms with van der Waals surface area (Å²) >= 11 is 5.84. The molecule has 0 atom stereocenters. The number of aromatic nitrogens is 2. The highest BCUT2D eigenvalue weighted by atomic mass is 35.5. The molecule has 0 aliphatic carbocycles. The lowest BCUT2D eigenvalue weighted by Crippen LogP contribution is -2.08. The summed E-state index contributed by atoms with van der Waals surface area (Å²) in [5, 5.41) is 4.33. The second-order valence-corrected chi connectivity index (χ2v) is 3.60. The molecule has 0 bridgehead atoms. The van der Waals surface area contributed by atoms with Gasteiger partial charge >= 0.3 is 0 Å². The number of aryl methyl sites for hydroxylation is 1. The molecule has 1 rings (SSSR count). The number of rotatable bonds is 6. The van der Waals surface area contributed by atoms with Crippen molar-refractivity contribution in [2.24, 2.45) is 7.05 Å². The van der Waals surface area contributed by atoms with Crippen molar-refractivity contribution in [3.63, 3.8) is 0 Å². The zero-order valence-electron chi connectivity index (χ0n) is 8.99. The van der Waals surface area contributed by atoms with Crippen LogP contribution in [0.2, 0.25) is 5.02 Å². The number of halogens is 1.